The van der Waals surface area contributed by atoms with Crippen LogP contribution in [0.25, 0.3) is 0 Å². The summed E-state index contributed by atoms with van der Waals surface area (Å²) in [6.07, 6.45) is 0. The molecule has 0 radical (unpaired) electrons. The number of carbonyl (C=O) groups is 4. The summed E-state index contributed by atoms with van der Waals surface area (Å²) in [5, 5.41) is 29.8. The SMILES string of the molecule is C=C.CC(=O)O.CC(=O)O.CC(=O)O.N.N.NCCN.O=C(O)CCl. The van der Waals surface area contributed by atoms with Gasteiger partial charge in [-0.25, -0.2) is 0 Å². The van der Waals surface area contributed by atoms with E-state index in [9.17, 15) is 4.79 Å². The van der Waals surface area contributed by atoms with Crippen LogP contribution in [0.1, 0.15) is 20.8 Å². The Labute approximate surface area is 152 Å². The third-order valence-electron chi connectivity index (χ3n) is 0.281. The van der Waals surface area contributed by atoms with Crippen molar-refractivity contribution >= 4 is 35.5 Å². The van der Waals surface area contributed by atoms with E-state index in [0.29, 0.717) is 13.1 Å². The van der Waals surface area contributed by atoms with Crippen molar-refractivity contribution in [3.8, 4) is 0 Å². The summed E-state index contributed by atoms with van der Waals surface area (Å²) in [7, 11) is 0. The Kier molecular flexibility index (Phi) is 114. The lowest BCUT2D eigenvalue weighted by atomic mass is 10.7. The van der Waals surface area contributed by atoms with Crippen LogP contribution in [0.3, 0.4) is 0 Å². The molecular formula is C12H33ClN4O8. The van der Waals surface area contributed by atoms with Gasteiger partial charge in [0.2, 0.25) is 0 Å². The van der Waals surface area contributed by atoms with Crippen LogP contribution in [0, 0.1) is 0 Å². The molecule has 0 atom stereocenters. The second-order valence-corrected chi connectivity index (χ2v) is 2.93. The summed E-state index contributed by atoms with van der Waals surface area (Å²) in [5.41, 5.74) is 9.81. The Morgan fingerprint density at radius 3 is 0.840 bits per heavy atom. The quantitative estimate of drug-likeness (QED) is 0.235. The average molecular weight is 397 g/mol. The first-order chi connectivity index (χ1) is 10.4. The number of hydrogen-bond acceptors (Lipinski definition) is 8. The standard InChI is InChI=1S/C2H3ClO2.C2H8N2.3C2H4O2.C2H4.2H3N/c3-1-2(4)5;3-1-2-4;3*1-2(3)4;1-2;;/h1H2,(H,4,5);1-4H2;3*1H3,(H,3,4);1-2H2;2*1H3. The molecule has 0 amide bonds. The monoisotopic (exact) mass is 396 g/mol. The van der Waals surface area contributed by atoms with Crippen LogP contribution in [0.2, 0.25) is 0 Å². The van der Waals surface area contributed by atoms with Crippen LogP contribution in [0.15, 0.2) is 13.2 Å². The number of halogens is 1. The van der Waals surface area contributed by atoms with Gasteiger partial charge in [0.25, 0.3) is 17.9 Å². The summed E-state index contributed by atoms with van der Waals surface area (Å²) in [6.45, 7) is 10.4. The van der Waals surface area contributed by atoms with E-state index >= 15 is 0 Å². The van der Waals surface area contributed by atoms with E-state index in [2.05, 4.69) is 13.2 Å². The molecule has 0 saturated carbocycles. The van der Waals surface area contributed by atoms with Crippen LogP contribution >= 0.6 is 11.6 Å². The third kappa shape index (κ3) is 15100. The molecule has 0 rings (SSSR count). The fourth-order valence-electron chi connectivity index (χ4n) is 0. The van der Waals surface area contributed by atoms with Gasteiger partial charge in [-0.1, -0.05) is 0 Å². The molecular weight excluding hydrogens is 364 g/mol. The topological polar surface area (TPSA) is 271 Å². The molecule has 0 aromatic heterocycles. The highest BCUT2D eigenvalue weighted by Crippen LogP contribution is 1.67. The average Bonchev–Trinajstić information content (AvgIpc) is 2.39. The lowest BCUT2D eigenvalue weighted by Gasteiger charge is -1.72. The minimum atomic E-state index is -0.980. The zero-order valence-corrected chi connectivity index (χ0v) is 15.7. The van der Waals surface area contributed by atoms with Crippen molar-refractivity contribution in [2.24, 2.45) is 11.5 Å². The van der Waals surface area contributed by atoms with Crippen molar-refractivity contribution in [2.45, 2.75) is 20.8 Å². The highest BCUT2D eigenvalue weighted by molar-refractivity contribution is 6.26. The number of alkyl halides is 1. The smallest absolute Gasteiger partial charge is 0.318 e. The fourth-order valence-corrected chi connectivity index (χ4v) is 0. The van der Waals surface area contributed by atoms with Crippen molar-refractivity contribution < 1.29 is 39.6 Å². The molecule has 0 aliphatic rings. The molecule has 0 bridgehead atoms. The van der Waals surface area contributed by atoms with Gasteiger partial charge in [-0.15, -0.1) is 24.8 Å². The second kappa shape index (κ2) is 57.6. The zero-order valence-electron chi connectivity index (χ0n) is 14.9. The fraction of sp³-hybridized carbons (Fsp3) is 0.500. The van der Waals surface area contributed by atoms with Crippen molar-refractivity contribution in [3.63, 3.8) is 0 Å². The predicted octanol–water partition coefficient (Wildman–Crippen LogP) is 0.613. The number of carboxylic acids is 4. The Morgan fingerprint density at radius 2 is 0.840 bits per heavy atom. The van der Waals surface area contributed by atoms with Gasteiger partial charge in [0.15, 0.2) is 0 Å². The Morgan fingerprint density at radius 1 is 0.760 bits per heavy atom. The van der Waals surface area contributed by atoms with Crippen molar-refractivity contribution in [2.75, 3.05) is 19.0 Å². The second-order valence-electron chi connectivity index (χ2n) is 2.66. The van der Waals surface area contributed by atoms with Crippen molar-refractivity contribution in [1.29, 1.82) is 0 Å². The van der Waals surface area contributed by atoms with Crippen LogP contribution in [0.5, 0.6) is 0 Å². The van der Waals surface area contributed by atoms with Crippen LogP contribution in [0.4, 0.5) is 0 Å². The molecule has 0 spiro atoms. The minimum Gasteiger partial charge on any atom is -0.481 e. The molecule has 12 nitrogen and oxygen atoms in total. The van der Waals surface area contributed by atoms with E-state index in [-0.39, 0.29) is 18.2 Å². The summed E-state index contributed by atoms with van der Waals surface area (Å²) >= 11 is 4.74. The predicted molar refractivity (Wildman–Crippen MR) is 97.7 cm³/mol. The van der Waals surface area contributed by atoms with E-state index in [4.69, 9.17) is 57.9 Å². The first kappa shape index (κ1) is 49.5. The molecule has 0 fully saturated rings. The van der Waals surface area contributed by atoms with Gasteiger partial charge in [0.05, 0.1) is 0 Å². The summed E-state index contributed by atoms with van der Waals surface area (Å²) < 4.78 is 0. The van der Waals surface area contributed by atoms with Crippen molar-refractivity contribution in [1.82, 2.24) is 12.3 Å². The van der Waals surface area contributed by atoms with E-state index in [0.717, 1.165) is 20.8 Å². The molecule has 156 valence electrons. The Bertz CT molecular complexity index is 252. The third-order valence-corrected chi connectivity index (χ3v) is 0.510. The zero-order chi connectivity index (χ0) is 20.4. The summed E-state index contributed by atoms with van der Waals surface area (Å²) in [6, 6.07) is 0. The van der Waals surface area contributed by atoms with Gasteiger partial charge in [-0.2, -0.15) is 0 Å². The maximum atomic E-state index is 9.24. The molecule has 0 unspecified atom stereocenters. The normalized spacial score (nSPS) is 5.84. The maximum absolute atomic E-state index is 9.24. The maximum Gasteiger partial charge on any atom is 0.318 e. The van der Waals surface area contributed by atoms with E-state index < -0.39 is 23.9 Å². The highest BCUT2D eigenvalue weighted by Gasteiger charge is 1.83. The first-order valence-electron chi connectivity index (χ1n) is 5.65. The molecule has 0 heterocycles. The number of aliphatic carboxylic acids is 4. The van der Waals surface area contributed by atoms with E-state index in [1.165, 1.54) is 0 Å². The number of hydrogen-bond donors (Lipinski definition) is 8. The minimum absolute atomic E-state index is 0. The summed E-state index contributed by atoms with van der Waals surface area (Å²) in [4.78, 5) is 36.2. The van der Waals surface area contributed by atoms with Gasteiger partial charge in [0, 0.05) is 33.9 Å². The van der Waals surface area contributed by atoms with Gasteiger partial charge in [-0.05, 0) is 0 Å². The molecule has 0 aliphatic carbocycles. The van der Waals surface area contributed by atoms with Gasteiger partial charge < -0.3 is 44.2 Å². The molecule has 0 aromatic rings. The van der Waals surface area contributed by atoms with E-state index in [1.807, 2.05) is 0 Å². The van der Waals surface area contributed by atoms with Crippen LogP contribution in [-0.2, 0) is 19.2 Å². The van der Waals surface area contributed by atoms with Gasteiger partial charge >= 0.3 is 5.97 Å². The summed E-state index contributed by atoms with van der Waals surface area (Å²) in [5.74, 6) is -3.79. The number of rotatable bonds is 2. The van der Waals surface area contributed by atoms with Gasteiger partial charge in [-0.3, -0.25) is 19.2 Å². The number of carboxylic acid groups (broad SMARTS) is 4. The lowest BCUT2D eigenvalue weighted by Crippen LogP contribution is -2.11. The first-order valence-corrected chi connectivity index (χ1v) is 6.18. The highest BCUT2D eigenvalue weighted by atomic mass is 35.5. The molecule has 14 N–H and O–H groups in total. The van der Waals surface area contributed by atoms with Crippen LogP contribution < -0.4 is 23.8 Å². The number of nitrogens with two attached hydrogens (primary N) is 2. The van der Waals surface area contributed by atoms with E-state index in [1.54, 1.807) is 0 Å². The van der Waals surface area contributed by atoms with Gasteiger partial charge in [0.1, 0.15) is 5.88 Å². The van der Waals surface area contributed by atoms with Crippen LogP contribution in [-0.4, -0.2) is 63.3 Å². The molecule has 0 aromatic carbocycles. The molecule has 25 heavy (non-hydrogen) atoms. The Hall–Kier alpha value is -2.25. The molecule has 0 aliphatic heterocycles. The lowest BCUT2D eigenvalue weighted by molar-refractivity contribution is -0.135. The molecule has 0 saturated heterocycles. The Balaban J connectivity index is -0.0000000231. The van der Waals surface area contributed by atoms with Crippen molar-refractivity contribution in [3.05, 3.63) is 13.2 Å². The largest absolute Gasteiger partial charge is 0.481 e. The molecule has 13 heteroatoms.